The zero-order valence-corrected chi connectivity index (χ0v) is 8.08. The van der Waals surface area contributed by atoms with Crippen LogP contribution < -0.4 is 5.32 Å². The van der Waals surface area contributed by atoms with Crippen LogP contribution >= 0.6 is 0 Å². The van der Waals surface area contributed by atoms with Gasteiger partial charge in [-0.15, -0.1) is 0 Å². The van der Waals surface area contributed by atoms with E-state index >= 15 is 0 Å². The average molecular weight is 169 g/mol. The van der Waals surface area contributed by atoms with E-state index in [4.69, 9.17) is 0 Å². The minimum absolute atomic E-state index is 0.787. The lowest BCUT2D eigenvalue weighted by atomic mass is 10.1. The first-order valence-electron chi connectivity index (χ1n) is 4.88. The predicted molar refractivity (Wildman–Crippen MR) is 50.3 cm³/mol. The highest BCUT2D eigenvalue weighted by Gasteiger charge is 2.33. The molecule has 2 rings (SSSR count). The summed E-state index contributed by atoms with van der Waals surface area (Å²) in [4.78, 5) is 4.99. The molecule has 3 nitrogen and oxygen atoms in total. The first kappa shape index (κ1) is 8.48. The van der Waals surface area contributed by atoms with E-state index in [9.17, 15) is 0 Å². The van der Waals surface area contributed by atoms with Crippen molar-refractivity contribution in [3.8, 4) is 0 Å². The molecule has 1 N–H and O–H groups in total. The average Bonchev–Trinajstić information content (AvgIpc) is 2.46. The van der Waals surface area contributed by atoms with Crippen LogP contribution in [0, 0.1) is 0 Å². The first-order valence-corrected chi connectivity index (χ1v) is 4.88. The maximum Gasteiger partial charge on any atom is 0.0237 e. The summed E-state index contributed by atoms with van der Waals surface area (Å²) in [7, 11) is 4.38. The minimum atomic E-state index is 0.787. The highest BCUT2D eigenvalue weighted by molar-refractivity contribution is 4.92. The third-order valence-corrected chi connectivity index (χ3v) is 3.19. The molecule has 3 heteroatoms. The van der Waals surface area contributed by atoms with Crippen molar-refractivity contribution in [1.82, 2.24) is 15.1 Å². The van der Waals surface area contributed by atoms with Gasteiger partial charge in [-0.2, -0.15) is 0 Å². The Bertz CT molecular complexity index is 144. The Morgan fingerprint density at radius 1 is 1.42 bits per heavy atom. The van der Waals surface area contributed by atoms with Gasteiger partial charge in [0.25, 0.3) is 0 Å². The molecule has 0 aromatic rings. The summed E-state index contributed by atoms with van der Waals surface area (Å²) in [6, 6.07) is 1.60. The summed E-state index contributed by atoms with van der Waals surface area (Å²) in [5, 5.41) is 3.46. The molecule has 0 bridgehead atoms. The summed E-state index contributed by atoms with van der Waals surface area (Å²) in [5.74, 6) is 0. The SMILES string of the molecule is CN(C)[C@@H]1C[C@H]2CNCCN2C1. The molecule has 2 fully saturated rings. The summed E-state index contributed by atoms with van der Waals surface area (Å²) in [5.41, 5.74) is 0. The number of fused-ring (bicyclic) bond motifs is 1. The number of hydrogen-bond acceptors (Lipinski definition) is 3. The van der Waals surface area contributed by atoms with Crippen LogP contribution in [0.2, 0.25) is 0 Å². The normalized spacial score (nSPS) is 37.2. The van der Waals surface area contributed by atoms with Crippen LogP contribution in [-0.2, 0) is 0 Å². The monoisotopic (exact) mass is 169 g/mol. The fourth-order valence-corrected chi connectivity index (χ4v) is 2.31. The Hall–Kier alpha value is -0.120. The fraction of sp³-hybridized carbons (Fsp3) is 1.00. The molecule has 0 aliphatic carbocycles. The van der Waals surface area contributed by atoms with Crippen LogP contribution in [-0.4, -0.2) is 62.2 Å². The molecule has 0 saturated carbocycles. The molecule has 2 aliphatic rings. The van der Waals surface area contributed by atoms with Gasteiger partial charge < -0.3 is 10.2 Å². The summed E-state index contributed by atoms with van der Waals surface area (Å²) < 4.78 is 0. The summed E-state index contributed by atoms with van der Waals surface area (Å²) in [6.45, 7) is 4.90. The number of nitrogens with one attached hydrogen (secondary N) is 1. The number of rotatable bonds is 1. The number of likely N-dealkylation sites (N-methyl/N-ethyl adjacent to an activating group) is 1. The van der Waals surface area contributed by atoms with Crippen LogP contribution in [0.3, 0.4) is 0 Å². The van der Waals surface area contributed by atoms with Gasteiger partial charge in [0, 0.05) is 38.3 Å². The van der Waals surface area contributed by atoms with Gasteiger partial charge in [-0.25, -0.2) is 0 Å². The Labute approximate surface area is 74.7 Å². The lowest BCUT2D eigenvalue weighted by Crippen LogP contribution is -2.47. The van der Waals surface area contributed by atoms with Crippen LogP contribution in [0.1, 0.15) is 6.42 Å². The third kappa shape index (κ3) is 1.49. The van der Waals surface area contributed by atoms with Crippen molar-refractivity contribution in [1.29, 1.82) is 0 Å². The van der Waals surface area contributed by atoms with Crippen LogP contribution in [0.25, 0.3) is 0 Å². The van der Waals surface area contributed by atoms with Gasteiger partial charge in [0.1, 0.15) is 0 Å². The second-order valence-electron chi connectivity index (χ2n) is 4.21. The molecule has 0 spiro atoms. The molecule has 2 heterocycles. The smallest absolute Gasteiger partial charge is 0.0237 e. The van der Waals surface area contributed by atoms with E-state index in [1.807, 2.05) is 0 Å². The van der Waals surface area contributed by atoms with Gasteiger partial charge in [-0.3, -0.25) is 4.90 Å². The van der Waals surface area contributed by atoms with Crippen molar-refractivity contribution in [2.24, 2.45) is 0 Å². The standard InChI is InChI=1S/C9H19N3/c1-11(2)9-5-8-6-10-3-4-12(8)7-9/h8-10H,3-7H2,1-2H3/t8-,9+/m0/s1. The highest BCUT2D eigenvalue weighted by Crippen LogP contribution is 2.21. The van der Waals surface area contributed by atoms with E-state index in [2.05, 4.69) is 29.2 Å². The van der Waals surface area contributed by atoms with E-state index in [1.165, 1.54) is 32.6 Å². The lowest BCUT2D eigenvalue weighted by molar-refractivity contribution is 0.206. The zero-order valence-electron chi connectivity index (χ0n) is 8.08. The second-order valence-corrected chi connectivity index (χ2v) is 4.21. The fourth-order valence-electron chi connectivity index (χ4n) is 2.31. The van der Waals surface area contributed by atoms with E-state index < -0.39 is 0 Å². The second kappa shape index (κ2) is 3.32. The van der Waals surface area contributed by atoms with Crippen molar-refractivity contribution >= 4 is 0 Å². The van der Waals surface area contributed by atoms with Crippen molar-refractivity contribution in [2.45, 2.75) is 18.5 Å². The molecular weight excluding hydrogens is 150 g/mol. The quantitative estimate of drug-likeness (QED) is 0.576. The van der Waals surface area contributed by atoms with E-state index in [0.29, 0.717) is 0 Å². The van der Waals surface area contributed by atoms with Gasteiger partial charge in [0.2, 0.25) is 0 Å². The minimum Gasteiger partial charge on any atom is -0.314 e. The van der Waals surface area contributed by atoms with Crippen molar-refractivity contribution in [3.05, 3.63) is 0 Å². The Balaban J connectivity index is 1.94. The molecule has 2 aliphatic heterocycles. The molecule has 0 radical (unpaired) electrons. The Kier molecular flexibility index (Phi) is 2.35. The molecule has 0 aromatic heterocycles. The molecule has 70 valence electrons. The third-order valence-electron chi connectivity index (χ3n) is 3.19. The molecule has 12 heavy (non-hydrogen) atoms. The number of hydrogen-bond donors (Lipinski definition) is 1. The number of nitrogens with zero attached hydrogens (tertiary/aromatic N) is 2. The van der Waals surface area contributed by atoms with Crippen LogP contribution in [0.5, 0.6) is 0 Å². The molecular formula is C9H19N3. The van der Waals surface area contributed by atoms with Gasteiger partial charge in [-0.05, 0) is 20.5 Å². The van der Waals surface area contributed by atoms with Gasteiger partial charge >= 0.3 is 0 Å². The van der Waals surface area contributed by atoms with Crippen LogP contribution in [0.4, 0.5) is 0 Å². The van der Waals surface area contributed by atoms with Gasteiger partial charge in [-0.1, -0.05) is 0 Å². The van der Waals surface area contributed by atoms with Crippen molar-refractivity contribution < 1.29 is 0 Å². The van der Waals surface area contributed by atoms with Gasteiger partial charge in [0.15, 0.2) is 0 Å². The van der Waals surface area contributed by atoms with E-state index in [-0.39, 0.29) is 0 Å². The highest BCUT2D eigenvalue weighted by atomic mass is 15.3. The molecule has 0 amide bonds. The van der Waals surface area contributed by atoms with Crippen LogP contribution in [0.15, 0.2) is 0 Å². The van der Waals surface area contributed by atoms with Gasteiger partial charge in [0.05, 0.1) is 0 Å². The maximum atomic E-state index is 3.46. The van der Waals surface area contributed by atoms with E-state index in [1.54, 1.807) is 0 Å². The summed E-state index contributed by atoms with van der Waals surface area (Å²) >= 11 is 0. The van der Waals surface area contributed by atoms with Crippen molar-refractivity contribution in [2.75, 3.05) is 40.3 Å². The lowest BCUT2D eigenvalue weighted by Gasteiger charge is -2.29. The Morgan fingerprint density at radius 3 is 2.92 bits per heavy atom. The first-order chi connectivity index (χ1) is 5.77. The molecule has 2 saturated heterocycles. The topological polar surface area (TPSA) is 18.5 Å². The molecule has 2 atom stereocenters. The van der Waals surface area contributed by atoms with E-state index in [0.717, 1.165) is 12.1 Å². The Morgan fingerprint density at radius 2 is 2.25 bits per heavy atom. The van der Waals surface area contributed by atoms with Crippen molar-refractivity contribution in [3.63, 3.8) is 0 Å². The summed E-state index contributed by atoms with van der Waals surface area (Å²) in [6.07, 6.45) is 1.35. The zero-order chi connectivity index (χ0) is 8.55. The predicted octanol–water partition coefficient (Wildman–Crippen LogP) is -0.406. The molecule has 0 unspecified atom stereocenters. The number of piperazine rings is 1. The maximum absolute atomic E-state index is 3.46. The largest absolute Gasteiger partial charge is 0.314 e. The molecule has 0 aromatic carbocycles.